The van der Waals surface area contributed by atoms with Crippen molar-refractivity contribution in [2.75, 3.05) is 6.61 Å². The third-order valence-electron chi connectivity index (χ3n) is 3.80. The van der Waals surface area contributed by atoms with Gasteiger partial charge in [0.15, 0.2) is 0 Å². The molecule has 0 spiro atoms. The minimum atomic E-state index is -0.365. The molecule has 0 aliphatic heterocycles. The molecule has 0 bridgehead atoms. The average Bonchev–Trinajstić information content (AvgIpc) is 2.52. The number of carbonyl (C=O) groups excluding carboxylic acids is 2. The topological polar surface area (TPSA) is 52.6 Å². The zero-order chi connectivity index (χ0) is 18.9. The third-order valence-corrected chi connectivity index (χ3v) is 3.80. The Labute approximate surface area is 151 Å². The fourth-order valence-electron chi connectivity index (χ4n) is 2.67. The number of esters is 2. The van der Waals surface area contributed by atoms with E-state index >= 15 is 0 Å². The number of hydrogen-bond donors (Lipinski definition) is 0. The summed E-state index contributed by atoms with van der Waals surface area (Å²) in [6.07, 6.45) is 4.90. The van der Waals surface area contributed by atoms with Gasteiger partial charge in [0.1, 0.15) is 0 Å². The summed E-state index contributed by atoms with van der Waals surface area (Å²) in [4.78, 5) is 24.1. The number of unbranched alkanes of at least 4 members (excludes halogenated alkanes) is 3. The van der Waals surface area contributed by atoms with E-state index in [0.29, 0.717) is 17.7 Å². The van der Waals surface area contributed by atoms with Crippen LogP contribution in [0.2, 0.25) is 0 Å². The van der Waals surface area contributed by atoms with E-state index in [1.165, 1.54) is 0 Å². The molecule has 1 unspecified atom stereocenters. The number of benzene rings is 1. The lowest BCUT2D eigenvalue weighted by molar-refractivity contribution is 0.0252. The minimum Gasteiger partial charge on any atom is -0.462 e. The normalized spacial score (nSPS) is 12.5. The highest BCUT2D eigenvalue weighted by Crippen LogP contribution is 2.22. The second-order valence-electron chi connectivity index (χ2n) is 7.75. The summed E-state index contributed by atoms with van der Waals surface area (Å²) < 4.78 is 10.7. The van der Waals surface area contributed by atoms with Gasteiger partial charge in [0, 0.05) is 0 Å². The Morgan fingerprint density at radius 3 is 2.04 bits per heavy atom. The SMILES string of the molecule is CCCCCCOC(=O)c1ccc(C(=O)OC(C)CC(C)(C)C)cc1. The Balaban J connectivity index is 2.49. The molecule has 1 rings (SSSR count). The second kappa shape index (κ2) is 10.2. The van der Waals surface area contributed by atoms with Gasteiger partial charge >= 0.3 is 11.9 Å². The van der Waals surface area contributed by atoms with E-state index in [4.69, 9.17) is 9.47 Å². The lowest BCUT2D eigenvalue weighted by Gasteiger charge is -2.23. The summed E-state index contributed by atoms with van der Waals surface area (Å²) in [6.45, 7) is 10.8. The molecule has 0 N–H and O–H groups in total. The quantitative estimate of drug-likeness (QED) is 0.442. The van der Waals surface area contributed by atoms with Gasteiger partial charge in [-0.05, 0) is 49.4 Å². The highest BCUT2D eigenvalue weighted by atomic mass is 16.5. The van der Waals surface area contributed by atoms with Gasteiger partial charge in [-0.2, -0.15) is 0 Å². The highest BCUT2D eigenvalue weighted by molar-refractivity contribution is 5.93. The Bertz CT molecular complexity index is 540. The first-order chi connectivity index (χ1) is 11.7. The second-order valence-corrected chi connectivity index (χ2v) is 7.75. The van der Waals surface area contributed by atoms with Gasteiger partial charge in [-0.15, -0.1) is 0 Å². The summed E-state index contributed by atoms with van der Waals surface area (Å²) in [6, 6.07) is 6.44. The number of hydrogen-bond acceptors (Lipinski definition) is 4. The summed E-state index contributed by atoms with van der Waals surface area (Å²) in [5.74, 6) is -0.714. The van der Waals surface area contributed by atoms with Crippen molar-refractivity contribution in [3.63, 3.8) is 0 Å². The van der Waals surface area contributed by atoms with Gasteiger partial charge in [-0.25, -0.2) is 9.59 Å². The zero-order valence-corrected chi connectivity index (χ0v) is 16.3. The number of carbonyl (C=O) groups is 2. The Hall–Kier alpha value is -1.84. The zero-order valence-electron chi connectivity index (χ0n) is 16.3. The van der Waals surface area contributed by atoms with E-state index in [1.54, 1.807) is 24.3 Å². The van der Waals surface area contributed by atoms with E-state index < -0.39 is 0 Å². The predicted octanol–water partition coefficient (Wildman–Crippen LogP) is 5.41. The average molecular weight is 348 g/mol. The lowest BCUT2D eigenvalue weighted by Crippen LogP contribution is -2.21. The van der Waals surface area contributed by atoms with E-state index in [0.717, 1.165) is 32.1 Å². The van der Waals surface area contributed by atoms with Gasteiger partial charge in [0.2, 0.25) is 0 Å². The Morgan fingerprint density at radius 2 is 1.52 bits per heavy atom. The van der Waals surface area contributed by atoms with E-state index in [2.05, 4.69) is 27.7 Å². The fourth-order valence-corrected chi connectivity index (χ4v) is 2.67. The monoisotopic (exact) mass is 348 g/mol. The molecule has 1 aromatic carbocycles. The molecular weight excluding hydrogens is 316 g/mol. The van der Waals surface area contributed by atoms with Crippen molar-refractivity contribution < 1.29 is 19.1 Å². The van der Waals surface area contributed by atoms with Crippen LogP contribution in [0.5, 0.6) is 0 Å². The first kappa shape index (κ1) is 21.2. The van der Waals surface area contributed by atoms with Crippen molar-refractivity contribution in [1.29, 1.82) is 0 Å². The van der Waals surface area contributed by atoms with E-state index in [-0.39, 0.29) is 23.5 Å². The van der Waals surface area contributed by atoms with Gasteiger partial charge in [-0.3, -0.25) is 0 Å². The third kappa shape index (κ3) is 8.71. The molecule has 0 saturated heterocycles. The van der Waals surface area contributed by atoms with Crippen LogP contribution in [0.1, 0.15) is 87.4 Å². The van der Waals surface area contributed by atoms with Gasteiger partial charge in [0.05, 0.1) is 23.8 Å². The molecule has 0 aliphatic carbocycles. The largest absolute Gasteiger partial charge is 0.462 e. The van der Waals surface area contributed by atoms with E-state index in [1.807, 2.05) is 6.92 Å². The summed E-state index contributed by atoms with van der Waals surface area (Å²) >= 11 is 0. The molecule has 4 nitrogen and oxygen atoms in total. The van der Waals surface area contributed by atoms with Crippen LogP contribution in [-0.2, 0) is 9.47 Å². The van der Waals surface area contributed by atoms with Crippen molar-refractivity contribution >= 4 is 11.9 Å². The molecule has 25 heavy (non-hydrogen) atoms. The Morgan fingerprint density at radius 1 is 0.960 bits per heavy atom. The van der Waals surface area contributed by atoms with Crippen LogP contribution in [-0.4, -0.2) is 24.6 Å². The number of ether oxygens (including phenoxy) is 2. The van der Waals surface area contributed by atoms with Crippen molar-refractivity contribution in [2.45, 2.75) is 72.8 Å². The maximum Gasteiger partial charge on any atom is 0.338 e. The maximum absolute atomic E-state index is 12.2. The molecule has 0 saturated carbocycles. The van der Waals surface area contributed by atoms with Crippen LogP contribution < -0.4 is 0 Å². The maximum atomic E-state index is 12.2. The van der Waals surface area contributed by atoms with Crippen LogP contribution in [0.3, 0.4) is 0 Å². The molecule has 1 atom stereocenters. The molecule has 0 aromatic heterocycles. The molecule has 1 aromatic rings. The summed E-state index contributed by atoms with van der Waals surface area (Å²) in [7, 11) is 0. The molecule has 4 heteroatoms. The fraction of sp³-hybridized carbons (Fsp3) is 0.619. The molecule has 0 heterocycles. The van der Waals surface area contributed by atoms with Crippen LogP contribution >= 0.6 is 0 Å². The summed E-state index contributed by atoms with van der Waals surface area (Å²) in [5, 5.41) is 0. The van der Waals surface area contributed by atoms with Crippen molar-refractivity contribution in [3.8, 4) is 0 Å². The van der Waals surface area contributed by atoms with Crippen LogP contribution in [0.15, 0.2) is 24.3 Å². The molecule has 0 fully saturated rings. The van der Waals surface area contributed by atoms with Crippen molar-refractivity contribution in [2.24, 2.45) is 5.41 Å². The van der Waals surface area contributed by atoms with Crippen LogP contribution in [0.25, 0.3) is 0 Å². The van der Waals surface area contributed by atoms with Gasteiger partial charge in [-0.1, -0.05) is 47.0 Å². The number of rotatable bonds is 9. The molecule has 0 amide bonds. The van der Waals surface area contributed by atoms with Gasteiger partial charge in [0.25, 0.3) is 0 Å². The van der Waals surface area contributed by atoms with Crippen LogP contribution in [0, 0.1) is 5.41 Å². The predicted molar refractivity (Wildman–Crippen MR) is 99.8 cm³/mol. The first-order valence-electron chi connectivity index (χ1n) is 9.21. The van der Waals surface area contributed by atoms with E-state index in [9.17, 15) is 9.59 Å². The minimum absolute atomic E-state index is 0.102. The van der Waals surface area contributed by atoms with Gasteiger partial charge < -0.3 is 9.47 Å². The van der Waals surface area contributed by atoms with Crippen LogP contribution in [0.4, 0.5) is 0 Å². The lowest BCUT2D eigenvalue weighted by atomic mass is 9.90. The highest BCUT2D eigenvalue weighted by Gasteiger charge is 2.19. The first-order valence-corrected chi connectivity index (χ1v) is 9.21. The smallest absolute Gasteiger partial charge is 0.338 e. The standard InChI is InChI=1S/C21H32O4/c1-6-7-8-9-14-24-19(22)17-10-12-18(13-11-17)20(23)25-16(2)15-21(3,4)5/h10-13,16H,6-9,14-15H2,1-5H3. The summed E-state index contributed by atoms with van der Waals surface area (Å²) in [5.41, 5.74) is 1.000. The molecule has 0 radical (unpaired) electrons. The van der Waals surface area contributed by atoms with Crippen molar-refractivity contribution in [3.05, 3.63) is 35.4 Å². The van der Waals surface area contributed by atoms with Crippen molar-refractivity contribution in [1.82, 2.24) is 0 Å². The molecule has 0 aliphatic rings. The molecular formula is C21H32O4. The Kier molecular flexibility index (Phi) is 8.67. The molecule has 140 valence electrons.